The zero-order chi connectivity index (χ0) is 9.68. The van der Waals surface area contributed by atoms with Crippen LogP contribution >= 0.6 is 0 Å². The van der Waals surface area contributed by atoms with Crippen molar-refractivity contribution in [1.82, 2.24) is 0 Å². The normalized spacial score (nSPS) is 28.3. The molecule has 0 amide bonds. The van der Waals surface area contributed by atoms with Crippen LogP contribution in [0.4, 0.5) is 0 Å². The summed E-state index contributed by atoms with van der Waals surface area (Å²) in [6, 6.07) is 0. The topological polar surface area (TPSA) is 17.1 Å². The Balaban J connectivity index is 2.16. The van der Waals surface area contributed by atoms with Crippen molar-refractivity contribution in [3.63, 3.8) is 0 Å². The highest BCUT2D eigenvalue weighted by molar-refractivity contribution is 5.83. The van der Waals surface area contributed by atoms with Crippen LogP contribution in [0.5, 0.6) is 0 Å². The quantitative estimate of drug-likeness (QED) is 0.594. The SMILES string of the molecule is CCCCCCC1C(=O)CC[C@@H]1C. The first kappa shape index (κ1) is 10.7. The van der Waals surface area contributed by atoms with E-state index in [-0.39, 0.29) is 0 Å². The molecule has 1 saturated carbocycles. The number of carbonyl (C=O) groups excluding carboxylic acids is 1. The molecule has 0 radical (unpaired) electrons. The Labute approximate surface area is 81.9 Å². The van der Waals surface area contributed by atoms with Crippen molar-refractivity contribution in [3.8, 4) is 0 Å². The molecular formula is C12H22O. The van der Waals surface area contributed by atoms with Crippen LogP contribution in [0.25, 0.3) is 0 Å². The van der Waals surface area contributed by atoms with E-state index in [4.69, 9.17) is 0 Å². The molecule has 0 saturated heterocycles. The molecule has 0 N–H and O–H groups in total. The van der Waals surface area contributed by atoms with Crippen molar-refractivity contribution in [2.75, 3.05) is 0 Å². The third kappa shape index (κ3) is 3.13. The van der Waals surface area contributed by atoms with Crippen LogP contribution in [0.3, 0.4) is 0 Å². The smallest absolute Gasteiger partial charge is 0.136 e. The molecule has 0 aromatic carbocycles. The van der Waals surface area contributed by atoms with E-state index in [2.05, 4.69) is 13.8 Å². The second-order valence-corrected chi connectivity index (χ2v) is 4.44. The van der Waals surface area contributed by atoms with Crippen LogP contribution < -0.4 is 0 Å². The molecule has 0 aromatic heterocycles. The van der Waals surface area contributed by atoms with Gasteiger partial charge in [-0.3, -0.25) is 4.79 Å². The fourth-order valence-electron chi connectivity index (χ4n) is 2.31. The molecule has 0 heterocycles. The molecule has 1 nitrogen and oxygen atoms in total. The van der Waals surface area contributed by atoms with Gasteiger partial charge in [0.05, 0.1) is 0 Å². The van der Waals surface area contributed by atoms with Gasteiger partial charge in [-0.25, -0.2) is 0 Å². The molecule has 1 aliphatic rings. The predicted molar refractivity (Wildman–Crippen MR) is 55.7 cm³/mol. The Bertz CT molecular complexity index is 163. The first-order valence-electron chi connectivity index (χ1n) is 5.78. The Morgan fingerprint density at radius 2 is 2.08 bits per heavy atom. The molecule has 1 fully saturated rings. The van der Waals surface area contributed by atoms with Gasteiger partial charge in [-0.1, -0.05) is 39.5 Å². The Kier molecular flexibility index (Phi) is 4.47. The van der Waals surface area contributed by atoms with Gasteiger partial charge in [0.15, 0.2) is 0 Å². The van der Waals surface area contributed by atoms with Crippen LogP contribution in [-0.4, -0.2) is 5.78 Å². The van der Waals surface area contributed by atoms with Gasteiger partial charge in [0.1, 0.15) is 5.78 Å². The summed E-state index contributed by atoms with van der Waals surface area (Å²) in [7, 11) is 0. The lowest BCUT2D eigenvalue weighted by Crippen LogP contribution is -2.12. The van der Waals surface area contributed by atoms with Gasteiger partial charge in [-0.05, 0) is 18.8 Å². The van der Waals surface area contributed by atoms with E-state index < -0.39 is 0 Å². The van der Waals surface area contributed by atoms with Crippen molar-refractivity contribution in [2.24, 2.45) is 11.8 Å². The minimum atomic E-state index is 0.414. The highest BCUT2D eigenvalue weighted by Crippen LogP contribution is 2.32. The first-order chi connectivity index (χ1) is 6.25. The molecule has 0 aromatic rings. The number of unbranched alkanes of at least 4 members (excludes halogenated alkanes) is 3. The predicted octanol–water partition coefficient (Wildman–Crippen LogP) is 3.57. The highest BCUT2D eigenvalue weighted by Gasteiger charge is 2.30. The second-order valence-electron chi connectivity index (χ2n) is 4.44. The van der Waals surface area contributed by atoms with E-state index in [1.54, 1.807) is 0 Å². The maximum absolute atomic E-state index is 11.4. The molecule has 76 valence electrons. The van der Waals surface area contributed by atoms with Crippen molar-refractivity contribution in [3.05, 3.63) is 0 Å². The number of ketones is 1. The molecular weight excluding hydrogens is 160 g/mol. The zero-order valence-electron chi connectivity index (χ0n) is 9.01. The molecule has 1 heteroatoms. The van der Waals surface area contributed by atoms with Gasteiger partial charge in [-0.2, -0.15) is 0 Å². The monoisotopic (exact) mass is 182 g/mol. The third-order valence-electron chi connectivity index (χ3n) is 3.32. The summed E-state index contributed by atoms with van der Waals surface area (Å²) in [5, 5.41) is 0. The maximum Gasteiger partial charge on any atom is 0.136 e. The fourth-order valence-corrected chi connectivity index (χ4v) is 2.31. The van der Waals surface area contributed by atoms with Crippen LogP contribution in [0.2, 0.25) is 0 Å². The van der Waals surface area contributed by atoms with Crippen molar-refractivity contribution in [1.29, 1.82) is 0 Å². The zero-order valence-corrected chi connectivity index (χ0v) is 9.01. The van der Waals surface area contributed by atoms with E-state index in [1.165, 1.54) is 25.7 Å². The van der Waals surface area contributed by atoms with Crippen LogP contribution in [0.1, 0.15) is 58.8 Å². The molecule has 0 aliphatic heterocycles. The van der Waals surface area contributed by atoms with E-state index in [1.807, 2.05) is 0 Å². The maximum atomic E-state index is 11.4. The second kappa shape index (κ2) is 5.41. The van der Waals surface area contributed by atoms with E-state index in [0.29, 0.717) is 17.6 Å². The molecule has 1 unspecified atom stereocenters. The van der Waals surface area contributed by atoms with Gasteiger partial charge in [0.25, 0.3) is 0 Å². The molecule has 1 rings (SSSR count). The molecule has 13 heavy (non-hydrogen) atoms. The van der Waals surface area contributed by atoms with E-state index >= 15 is 0 Å². The summed E-state index contributed by atoms with van der Waals surface area (Å²) in [5.74, 6) is 1.61. The van der Waals surface area contributed by atoms with Crippen molar-refractivity contribution in [2.45, 2.75) is 58.8 Å². The van der Waals surface area contributed by atoms with Gasteiger partial charge in [0, 0.05) is 12.3 Å². The summed E-state index contributed by atoms with van der Waals surface area (Å²) < 4.78 is 0. The summed E-state index contributed by atoms with van der Waals surface area (Å²) in [5.41, 5.74) is 0. The first-order valence-corrected chi connectivity index (χ1v) is 5.78. The van der Waals surface area contributed by atoms with Gasteiger partial charge in [-0.15, -0.1) is 0 Å². The number of rotatable bonds is 5. The summed E-state index contributed by atoms with van der Waals surface area (Å²) in [4.78, 5) is 11.4. The lowest BCUT2D eigenvalue weighted by atomic mass is 9.91. The third-order valence-corrected chi connectivity index (χ3v) is 3.32. The Hall–Kier alpha value is -0.330. The lowest BCUT2D eigenvalue weighted by molar-refractivity contribution is -0.121. The van der Waals surface area contributed by atoms with Crippen LogP contribution in [-0.2, 0) is 4.79 Å². The summed E-state index contributed by atoms with van der Waals surface area (Å²) in [6.45, 7) is 4.46. The summed E-state index contributed by atoms with van der Waals surface area (Å²) >= 11 is 0. The average Bonchev–Trinajstić information content (AvgIpc) is 2.42. The lowest BCUT2D eigenvalue weighted by Gasteiger charge is -2.12. The van der Waals surface area contributed by atoms with Gasteiger partial charge >= 0.3 is 0 Å². The number of hydrogen-bond donors (Lipinski definition) is 0. The van der Waals surface area contributed by atoms with Gasteiger partial charge in [0.2, 0.25) is 0 Å². The molecule has 0 bridgehead atoms. The Morgan fingerprint density at radius 1 is 1.31 bits per heavy atom. The minimum absolute atomic E-state index is 0.414. The highest BCUT2D eigenvalue weighted by atomic mass is 16.1. The Morgan fingerprint density at radius 3 is 2.62 bits per heavy atom. The summed E-state index contributed by atoms with van der Waals surface area (Å²) in [6.07, 6.45) is 8.32. The van der Waals surface area contributed by atoms with E-state index in [0.717, 1.165) is 19.3 Å². The minimum Gasteiger partial charge on any atom is -0.299 e. The van der Waals surface area contributed by atoms with Crippen molar-refractivity contribution >= 4 is 5.78 Å². The van der Waals surface area contributed by atoms with Crippen molar-refractivity contribution < 1.29 is 4.79 Å². The van der Waals surface area contributed by atoms with Crippen LogP contribution in [0, 0.1) is 11.8 Å². The molecule has 1 aliphatic carbocycles. The molecule has 2 atom stereocenters. The fraction of sp³-hybridized carbons (Fsp3) is 0.917. The molecule has 0 spiro atoms. The number of carbonyl (C=O) groups is 1. The number of Topliss-reactive ketones (excluding diaryl/α,β-unsaturated/α-hetero) is 1. The van der Waals surface area contributed by atoms with Gasteiger partial charge < -0.3 is 0 Å². The van der Waals surface area contributed by atoms with E-state index in [9.17, 15) is 4.79 Å². The average molecular weight is 182 g/mol. The van der Waals surface area contributed by atoms with Crippen LogP contribution in [0.15, 0.2) is 0 Å². The largest absolute Gasteiger partial charge is 0.299 e. The number of hydrogen-bond acceptors (Lipinski definition) is 1. The standard InChI is InChI=1S/C12H22O/c1-3-4-5-6-7-11-10(2)8-9-12(11)13/h10-11H,3-9H2,1-2H3/t10-,11?/m0/s1.